The highest BCUT2D eigenvalue weighted by molar-refractivity contribution is 7.99. The highest BCUT2D eigenvalue weighted by Crippen LogP contribution is 2.37. The van der Waals surface area contributed by atoms with E-state index in [1.807, 2.05) is 18.4 Å². The summed E-state index contributed by atoms with van der Waals surface area (Å²) in [5.74, 6) is 0.766. The number of piperidine rings is 1. The van der Waals surface area contributed by atoms with E-state index in [9.17, 15) is 13.2 Å². The Morgan fingerprint density at radius 2 is 1.93 bits per heavy atom. The molecule has 0 amide bonds. The summed E-state index contributed by atoms with van der Waals surface area (Å²) in [6, 6.07) is 2.85. The molecule has 30 heavy (non-hydrogen) atoms. The first-order valence-corrected chi connectivity index (χ1v) is 10.5. The third-order valence-electron chi connectivity index (χ3n) is 5.17. The fourth-order valence-corrected chi connectivity index (χ4v) is 4.34. The molecule has 2 N–H and O–H groups in total. The van der Waals surface area contributed by atoms with Crippen LogP contribution in [-0.2, 0) is 12.7 Å². The normalized spacial score (nSPS) is 16.9. The summed E-state index contributed by atoms with van der Waals surface area (Å²) in [5.41, 5.74) is 6.15. The number of imidazole rings is 1. The number of pyridine rings is 1. The molecule has 0 atom stereocenters. The number of hydrogen-bond donors (Lipinski definition) is 1. The summed E-state index contributed by atoms with van der Waals surface area (Å²) in [7, 11) is 0. The second-order valence-corrected chi connectivity index (χ2v) is 8.66. The molecule has 3 aromatic heterocycles. The van der Waals surface area contributed by atoms with Crippen molar-refractivity contribution in [2.45, 2.75) is 54.9 Å². The summed E-state index contributed by atoms with van der Waals surface area (Å²) in [6.45, 7) is 6.20. The standard InChI is InChI=1S/C19H22F3N7S/c1-3-29-16-15(27-17(29)28-9-6-18(2,23)7-10-28)25-11-13(26-16)30-12-5-4-8-24-14(12)19(20,21)22/h4-5,8,11H,3,6-7,9-10,23H2,1-2H3. The minimum atomic E-state index is -4.54. The number of rotatable bonds is 4. The van der Waals surface area contributed by atoms with Gasteiger partial charge in [-0.1, -0.05) is 11.8 Å². The number of anilines is 1. The van der Waals surface area contributed by atoms with Gasteiger partial charge in [0.2, 0.25) is 5.95 Å². The van der Waals surface area contributed by atoms with E-state index >= 15 is 0 Å². The lowest BCUT2D eigenvalue weighted by Gasteiger charge is -2.37. The highest BCUT2D eigenvalue weighted by atomic mass is 32.2. The molecule has 160 valence electrons. The van der Waals surface area contributed by atoms with Crippen LogP contribution < -0.4 is 10.6 Å². The lowest BCUT2D eigenvalue weighted by Crippen LogP contribution is -2.48. The lowest BCUT2D eigenvalue weighted by atomic mass is 9.91. The molecular weight excluding hydrogens is 415 g/mol. The molecule has 0 spiro atoms. The molecule has 1 fully saturated rings. The first-order chi connectivity index (χ1) is 14.2. The first-order valence-electron chi connectivity index (χ1n) is 9.65. The van der Waals surface area contributed by atoms with Crippen LogP contribution in [0.15, 0.2) is 34.4 Å². The highest BCUT2D eigenvalue weighted by Gasteiger charge is 2.35. The van der Waals surface area contributed by atoms with Crippen LogP contribution in [0.5, 0.6) is 0 Å². The minimum absolute atomic E-state index is 0.0142. The molecule has 0 aliphatic carbocycles. The largest absolute Gasteiger partial charge is 0.434 e. The van der Waals surface area contributed by atoms with Gasteiger partial charge in [-0.2, -0.15) is 18.2 Å². The van der Waals surface area contributed by atoms with Crippen molar-refractivity contribution in [3.05, 3.63) is 30.2 Å². The maximum Gasteiger partial charge on any atom is 0.434 e. The third kappa shape index (κ3) is 4.08. The number of halogens is 3. The molecule has 3 aromatic rings. The Kier molecular flexibility index (Phi) is 5.35. The number of nitrogens with two attached hydrogens (primary N) is 1. The topological polar surface area (TPSA) is 85.8 Å². The Morgan fingerprint density at radius 1 is 1.20 bits per heavy atom. The summed E-state index contributed by atoms with van der Waals surface area (Å²) in [5, 5.41) is 0.357. The fraction of sp³-hybridized carbons (Fsp3) is 0.474. The predicted octanol–water partition coefficient (Wildman–Crippen LogP) is 3.73. The summed E-state index contributed by atoms with van der Waals surface area (Å²) in [6.07, 6.45) is -0.257. The van der Waals surface area contributed by atoms with E-state index in [0.29, 0.717) is 22.9 Å². The Balaban J connectivity index is 1.67. The van der Waals surface area contributed by atoms with E-state index in [-0.39, 0.29) is 10.4 Å². The van der Waals surface area contributed by atoms with Crippen molar-refractivity contribution in [2.24, 2.45) is 5.73 Å². The molecule has 0 radical (unpaired) electrons. The average Bonchev–Trinajstić information content (AvgIpc) is 3.05. The van der Waals surface area contributed by atoms with Gasteiger partial charge < -0.3 is 10.6 Å². The smallest absolute Gasteiger partial charge is 0.342 e. The van der Waals surface area contributed by atoms with Gasteiger partial charge in [-0.15, -0.1) is 0 Å². The van der Waals surface area contributed by atoms with E-state index in [1.54, 1.807) is 0 Å². The number of aromatic nitrogens is 5. The van der Waals surface area contributed by atoms with Crippen molar-refractivity contribution in [3.63, 3.8) is 0 Å². The van der Waals surface area contributed by atoms with Crippen LogP contribution in [0.1, 0.15) is 32.4 Å². The zero-order valence-electron chi connectivity index (χ0n) is 16.6. The van der Waals surface area contributed by atoms with Crippen LogP contribution in [-0.4, -0.2) is 43.1 Å². The Hall–Kier alpha value is -2.40. The predicted molar refractivity (Wildman–Crippen MR) is 108 cm³/mol. The second-order valence-electron chi connectivity index (χ2n) is 7.60. The van der Waals surface area contributed by atoms with Gasteiger partial charge in [-0.3, -0.25) is 9.55 Å². The van der Waals surface area contributed by atoms with E-state index in [0.717, 1.165) is 49.8 Å². The van der Waals surface area contributed by atoms with Crippen LogP contribution in [0.3, 0.4) is 0 Å². The van der Waals surface area contributed by atoms with Crippen LogP contribution >= 0.6 is 11.8 Å². The Labute approximate surface area is 175 Å². The molecule has 11 heteroatoms. The molecule has 7 nitrogen and oxygen atoms in total. The number of aryl methyl sites for hydroxylation is 1. The van der Waals surface area contributed by atoms with Crippen LogP contribution in [0.4, 0.5) is 19.1 Å². The molecule has 1 aliphatic rings. The SMILES string of the molecule is CCn1c(N2CCC(C)(N)CC2)nc2ncc(Sc3cccnc3C(F)(F)F)nc21. The van der Waals surface area contributed by atoms with Crippen LogP contribution in [0.25, 0.3) is 11.3 Å². The number of nitrogens with zero attached hydrogens (tertiary/aromatic N) is 6. The van der Waals surface area contributed by atoms with Gasteiger partial charge in [-0.05, 0) is 38.8 Å². The van der Waals surface area contributed by atoms with Gasteiger partial charge in [-0.25, -0.2) is 9.97 Å². The van der Waals surface area contributed by atoms with Gasteiger partial charge in [0.25, 0.3) is 0 Å². The van der Waals surface area contributed by atoms with Gasteiger partial charge >= 0.3 is 6.18 Å². The molecule has 1 aliphatic heterocycles. The maximum absolute atomic E-state index is 13.2. The van der Waals surface area contributed by atoms with Gasteiger partial charge in [0.05, 0.1) is 6.20 Å². The monoisotopic (exact) mass is 437 g/mol. The number of hydrogen-bond acceptors (Lipinski definition) is 7. The summed E-state index contributed by atoms with van der Waals surface area (Å²) >= 11 is 0.892. The van der Waals surface area contributed by atoms with Crippen LogP contribution in [0.2, 0.25) is 0 Å². The van der Waals surface area contributed by atoms with Crippen molar-refractivity contribution in [1.29, 1.82) is 0 Å². The third-order valence-corrected chi connectivity index (χ3v) is 6.13. The van der Waals surface area contributed by atoms with Crippen molar-refractivity contribution in [3.8, 4) is 0 Å². The minimum Gasteiger partial charge on any atom is -0.342 e. The molecule has 1 saturated heterocycles. The second kappa shape index (κ2) is 7.69. The zero-order valence-corrected chi connectivity index (χ0v) is 17.5. The van der Waals surface area contributed by atoms with Crippen molar-refractivity contribution < 1.29 is 13.2 Å². The van der Waals surface area contributed by atoms with Crippen molar-refractivity contribution in [1.82, 2.24) is 24.5 Å². The first kappa shape index (κ1) is 20.9. The quantitative estimate of drug-likeness (QED) is 0.666. The Morgan fingerprint density at radius 3 is 2.60 bits per heavy atom. The summed E-state index contributed by atoms with van der Waals surface area (Å²) < 4.78 is 41.7. The van der Waals surface area contributed by atoms with E-state index in [4.69, 9.17) is 5.73 Å². The molecule has 0 unspecified atom stereocenters. The van der Waals surface area contributed by atoms with E-state index in [2.05, 4.69) is 24.8 Å². The summed E-state index contributed by atoms with van der Waals surface area (Å²) in [4.78, 5) is 19.2. The molecule has 4 heterocycles. The van der Waals surface area contributed by atoms with E-state index < -0.39 is 11.9 Å². The maximum atomic E-state index is 13.2. The van der Waals surface area contributed by atoms with E-state index in [1.165, 1.54) is 18.3 Å². The van der Waals surface area contributed by atoms with Crippen molar-refractivity contribution in [2.75, 3.05) is 18.0 Å². The number of alkyl halides is 3. The number of fused-ring (bicyclic) bond motifs is 1. The molecule has 4 rings (SSSR count). The zero-order chi connectivity index (χ0) is 21.5. The van der Waals surface area contributed by atoms with Gasteiger partial charge in [0.15, 0.2) is 17.0 Å². The fourth-order valence-electron chi connectivity index (χ4n) is 3.46. The molecular formula is C19H22F3N7S. The van der Waals surface area contributed by atoms with Gasteiger partial charge in [0.1, 0.15) is 5.03 Å². The average molecular weight is 437 g/mol. The molecule has 0 saturated carbocycles. The lowest BCUT2D eigenvalue weighted by molar-refractivity contribution is -0.143. The molecule has 0 bridgehead atoms. The van der Waals surface area contributed by atoms with Gasteiger partial charge in [0, 0.05) is 36.3 Å². The van der Waals surface area contributed by atoms with Crippen LogP contribution in [0, 0.1) is 0 Å². The van der Waals surface area contributed by atoms with Crippen molar-refractivity contribution >= 4 is 29.0 Å². The molecule has 0 aromatic carbocycles. The Bertz CT molecular complexity index is 1050.